The molecule has 2 heterocycles. The van der Waals surface area contributed by atoms with Gasteiger partial charge in [0.15, 0.2) is 0 Å². The van der Waals surface area contributed by atoms with Gasteiger partial charge < -0.3 is 4.57 Å². The summed E-state index contributed by atoms with van der Waals surface area (Å²) < 4.78 is 40.6. The highest BCUT2D eigenvalue weighted by Crippen LogP contribution is 2.34. The largest absolute Gasteiger partial charge is 0.416 e. The summed E-state index contributed by atoms with van der Waals surface area (Å²) in [5.41, 5.74) is 0.948. The first-order chi connectivity index (χ1) is 10.8. The zero-order chi connectivity index (χ0) is 16.8. The van der Waals surface area contributed by atoms with Gasteiger partial charge in [0, 0.05) is 17.8 Å². The average molecular weight is 340 g/mol. The van der Waals surface area contributed by atoms with E-state index in [9.17, 15) is 13.2 Å². The van der Waals surface area contributed by atoms with Gasteiger partial charge in [0.25, 0.3) is 0 Å². The topological polar surface area (TPSA) is 30.7 Å². The van der Waals surface area contributed by atoms with E-state index in [4.69, 9.17) is 11.6 Å². The number of benzene rings is 1. The van der Waals surface area contributed by atoms with Crippen LogP contribution in [0.25, 0.3) is 22.4 Å². The standard InChI is InChI=1S/C16H13ClF3N3/c1-9(2)23-13-5-4-11(16(18,19)20)7-12(13)22-15(23)10-3-6-14(17)21-8-10/h3-9H,1-2H3. The van der Waals surface area contributed by atoms with E-state index in [0.717, 1.165) is 12.1 Å². The molecule has 0 amide bonds. The van der Waals surface area contributed by atoms with Gasteiger partial charge in [-0.25, -0.2) is 9.97 Å². The third kappa shape index (κ3) is 2.91. The lowest BCUT2D eigenvalue weighted by Gasteiger charge is -2.13. The highest BCUT2D eigenvalue weighted by Gasteiger charge is 2.31. The molecule has 0 N–H and O–H groups in total. The minimum Gasteiger partial charge on any atom is -0.321 e. The number of halogens is 4. The summed E-state index contributed by atoms with van der Waals surface area (Å²) in [5, 5.41) is 0.348. The quantitative estimate of drug-likeness (QED) is 0.589. The molecule has 3 aromatic rings. The molecular formula is C16H13ClF3N3. The smallest absolute Gasteiger partial charge is 0.321 e. The molecule has 3 nitrogen and oxygen atoms in total. The predicted octanol–water partition coefficient (Wildman–Crippen LogP) is 5.35. The van der Waals surface area contributed by atoms with Crippen molar-refractivity contribution in [1.82, 2.24) is 14.5 Å². The van der Waals surface area contributed by atoms with Gasteiger partial charge in [0.1, 0.15) is 11.0 Å². The SMILES string of the molecule is CC(C)n1c(-c2ccc(Cl)nc2)nc2cc(C(F)(F)F)ccc21. The molecule has 0 fully saturated rings. The van der Waals surface area contributed by atoms with Crippen LogP contribution in [-0.2, 0) is 6.18 Å². The molecule has 0 saturated heterocycles. The minimum atomic E-state index is -4.39. The Hall–Kier alpha value is -2.08. The van der Waals surface area contributed by atoms with Crippen LogP contribution in [0.3, 0.4) is 0 Å². The van der Waals surface area contributed by atoms with Gasteiger partial charge in [-0.1, -0.05) is 11.6 Å². The number of aromatic nitrogens is 3. The number of hydrogen-bond acceptors (Lipinski definition) is 2. The van der Waals surface area contributed by atoms with Crippen LogP contribution < -0.4 is 0 Å². The van der Waals surface area contributed by atoms with Crippen molar-refractivity contribution >= 4 is 22.6 Å². The fourth-order valence-corrected chi connectivity index (χ4v) is 2.62. The molecule has 0 aliphatic carbocycles. The molecule has 0 bridgehead atoms. The first-order valence-electron chi connectivity index (χ1n) is 6.98. The first kappa shape index (κ1) is 15.8. The molecule has 23 heavy (non-hydrogen) atoms. The second-order valence-electron chi connectivity index (χ2n) is 5.47. The van der Waals surface area contributed by atoms with Crippen LogP contribution >= 0.6 is 11.6 Å². The molecule has 7 heteroatoms. The average Bonchev–Trinajstić information content (AvgIpc) is 2.85. The lowest BCUT2D eigenvalue weighted by atomic mass is 10.2. The molecule has 0 aliphatic rings. The summed E-state index contributed by atoms with van der Waals surface area (Å²) in [5.74, 6) is 0.568. The molecule has 1 aromatic carbocycles. The zero-order valence-electron chi connectivity index (χ0n) is 12.4. The molecule has 3 rings (SSSR count). The van der Waals surface area contributed by atoms with Crippen LogP contribution in [0.1, 0.15) is 25.5 Å². The zero-order valence-corrected chi connectivity index (χ0v) is 13.2. The van der Waals surface area contributed by atoms with Crippen molar-refractivity contribution in [3.8, 4) is 11.4 Å². The third-order valence-corrected chi connectivity index (χ3v) is 3.74. The van der Waals surface area contributed by atoms with E-state index in [2.05, 4.69) is 9.97 Å². The lowest BCUT2D eigenvalue weighted by Crippen LogP contribution is -2.05. The molecule has 0 spiro atoms. The molecule has 0 saturated carbocycles. The van der Waals surface area contributed by atoms with E-state index in [-0.39, 0.29) is 6.04 Å². The number of rotatable bonds is 2. The maximum atomic E-state index is 12.9. The van der Waals surface area contributed by atoms with E-state index in [1.54, 1.807) is 18.3 Å². The van der Waals surface area contributed by atoms with Crippen molar-refractivity contribution in [2.24, 2.45) is 0 Å². The van der Waals surface area contributed by atoms with Gasteiger partial charge >= 0.3 is 6.18 Å². The van der Waals surface area contributed by atoms with Crippen LogP contribution in [0.2, 0.25) is 5.15 Å². The van der Waals surface area contributed by atoms with Crippen molar-refractivity contribution in [2.45, 2.75) is 26.1 Å². The summed E-state index contributed by atoms with van der Waals surface area (Å²) in [6.07, 6.45) is -2.83. The minimum absolute atomic E-state index is 0.0300. The summed E-state index contributed by atoms with van der Waals surface area (Å²) >= 11 is 5.79. The van der Waals surface area contributed by atoms with Crippen molar-refractivity contribution in [2.75, 3.05) is 0 Å². The van der Waals surface area contributed by atoms with E-state index < -0.39 is 11.7 Å². The summed E-state index contributed by atoms with van der Waals surface area (Å²) in [6, 6.07) is 7.01. The Labute approximate surface area is 135 Å². The highest BCUT2D eigenvalue weighted by molar-refractivity contribution is 6.29. The number of fused-ring (bicyclic) bond motifs is 1. The van der Waals surface area contributed by atoms with Gasteiger partial charge in [0.05, 0.1) is 16.6 Å². The number of nitrogens with zero attached hydrogens (tertiary/aromatic N) is 3. The lowest BCUT2D eigenvalue weighted by molar-refractivity contribution is -0.137. The van der Waals surface area contributed by atoms with Crippen LogP contribution in [0, 0.1) is 0 Å². The Morgan fingerprint density at radius 3 is 2.43 bits per heavy atom. The van der Waals surface area contributed by atoms with Gasteiger partial charge in [-0.05, 0) is 44.2 Å². The second-order valence-corrected chi connectivity index (χ2v) is 5.86. The van der Waals surface area contributed by atoms with E-state index >= 15 is 0 Å². The summed E-state index contributed by atoms with van der Waals surface area (Å²) in [4.78, 5) is 8.40. The molecule has 0 radical (unpaired) electrons. The summed E-state index contributed by atoms with van der Waals surface area (Å²) in [6.45, 7) is 3.90. The Balaban J connectivity index is 2.25. The van der Waals surface area contributed by atoms with Crippen LogP contribution in [0.4, 0.5) is 13.2 Å². The van der Waals surface area contributed by atoms with E-state index in [1.165, 1.54) is 6.07 Å². The van der Waals surface area contributed by atoms with Gasteiger partial charge in [-0.15, -0.1) is 0 Å². The third-order valence-electron chi connectivity index (χ3n) is 3.52. The first-order valence-corrected chi connectivity index (χ1v) is 7.36. The van der Waals surface area contributed by atoms with Crippen molar-refractivity contribution in [1.29, 1.82) is 0 Å². The number of alkyl halides is 3. The monoisotopic (exact) mass is 339 g/mol. The Bertz CT molecular complexity index is 851. The fourth-order valence-electron chi connectivity index (χ4n) is 2.51. The molecule has 0 atom stereocenters. The number of imidazole rings is 1. The normalized spacial score (nSPS) is 12.3. The van der Waals surface area contributed by atoms with Crippen molar-refractivity contribution in [3.05, 3.63) is 47.2 Å². The number of hydrogen-bond donors (Lipinski definition) is 0. The highest BCUT2D eigenvalue weighted by atomic mass is 35.5. The number of pyridine rings is 1. The van der Waals surface area contributed by atoms with Crippen molar-refractivity contribution < 1.29 is 13.2 Å². The molecular weight excluding hydrogens is 327 g/mol. The Kier molecular flexibility index (Phi) is 3.80. The Morgan fingerprint density at radius 1 is 1.13 bits per heavy atom. The summed E-state index contributed by atoms with van der Waals surface area (Å²) in [7, 11) is 0. The maximum absolute atomic E-state index is 12.9. The van der Waals surface area contributed by atoms with Gasteiger partial charge in [0.2, 0.25) is 0 Å². The van der Waals surface area contributed by atoms with Crippen LogP contribution in [0.15, 0.2) is 36.5 Å². The fraction of sp³-hybridized carbons (Fsp3) is 0.250. The second kappa shape index (κ2) is 5.53. The van der Waals surface area contributed by atoms with E-state index in [1.807, 2.05) is 18.4 Å². The van der Waals surface area contributed by atoms with Gasteiger partial charge in [-0.2, -0.15) is 13.2 Å². The maximum Gasteiger partial charge on any atom is 0.416 e. The van der Waals surface area contributed by atoms with Gasteiger partial charge in [-0.3, -0.25) is 0 Å². The van der Waals surface area contributed by atoms with E-state index in [0.29, 0.717) is 27.6 Å². The predicted molar refractivity (Wildman–Crippen MR) is 83.4 cm³/mol. The molecule has 0 unspecified atom stereocenters. The molecule has 0 aliphatic heterocycles. The Morgan fingerprint density at radius 2 is 1.87 bits per heavy atom. The molecule has 2 aromatic heterocycles. The van der Waals surface area contributed by atoms with Crippen LogP contribution in [0.5, 0.6) is 0 Å². The van der Waals surface area contributed by atoms with Crippen LogP contribution in [-0.4, -0.2) is 14.5 Å². The van der Waals surface area contributed by atoms with Crippen molar-refractivity contribution in [3.63, 3.8) is 0 Å². The molecule has 120 valence electrons.